The van der Waals surface area contributed by atoms with Crippen LogP contribution in [0.1, 0.15) is 86.5 Å². The van der Waals surface area contributed by atoms with E-state index >= 15 is 0 Å². The first-order valence-electron chi connectivity index (χ1n) is 10.3. The molecule has 0 saturated heterocycles. The van der Waals surface area contributed by atoms with Crippen molar-refractivity contribution in [3.8, 4) is 6.07 Å². The number of nitriles is 1. The molecule has 1 unspecified atom stereocenters. The zero-order valence-electron chi connectivity index (χ0n) is 16.2. The fraction of sp³-hybridized carbons (Fsp3) is 0.480. The molecule has 2 aromatic rings. The highest BCUT2D eigenvalue weighted by Crippen LogP contribution is 2.40. The molecule has 0 aromatic heterocycles. The van der Waals surface area contributed by atoms with Gasteiger partial charge >= 0.3 is 0 Å². The molecule has 0 N–H and O–H groups in total. The largest absolute Gasteiger partial charge is 0.192 e. The van der Waals surface area contributed by atoms with Crippen molar-refractivity contribution in [3.63, 3.8) is 0 Å². The Morgan fingerprint density at radius 2 is 1.38 bits per heavy atom. The Morgan fingerprint density at radius 1 is 0.885 bits per heavy atom. The number of rotatable bonds is 6. The van der Waals surface area contributed by atoms with Crippen LogP contribution in [-0.4, -0.2) is 0 Å². The Bertz CT molecular complexity index is 712. The van der Waals surface area contributed by atoms with Crippen molar-refractivity contribution in [1.29, 1.82) is 5.26 Å². The number of hydrogen-bond acceptors (Lipinski definition) is 1. The van der Waals surface area contributed by atoms with Gasteiger partial charge in [0, 0.05) is 0 Å². The first-order chi connectivity index (χ1) is 12.7. The second-order valence-electron chi connectivity index (χ2n) is 8.12. The maximum absolute atomic E-state index is 8.94. The molecule has 1 nitrogen and oxygen atoms in total. The van der Waals surface area contributed by atoms with Crippen molar-refractivity contribution in [2.75, 3.05) is 0 Å². The van der Waals surface area contributed by atoms with Crippen LogP contribution in [0.25, 0.3) is 0 Å². The van der Waals surface area contributed by atoms with Crippen molar-refractivity contribution >= 4 is 0 Å². The van der Waals surface area contributed by atoms with Gasteiger partial charge in [-0.25, -0.2) is 0 Å². The van der Waals surface area contributed by atoms with Gasteiger partial charge in [0.2, 0.25) is 0 Å². The highest BCUT2D eigenvalue weighted by molar-refractivity contribution is 5.33. The van der Waals surface area contributed by atoms with Crippen LogP contribution < -0.4 is 0 Å². The number of benzene rings is 2. The van der Waals surface area contributed by atoms with E-state index in [4.69, 9.17) is 5.26 Å². The summed E-state index contributed by atoms with van der Waals surface area (Å²) in [5.41, 5.74) is 5.18. The lowest BCUT2D eigenvalue weighted by atomic mass is 9.76. The monoisotopic (exact) mass is 345 g/mol. The lowest BCUT2D eigenvalue weighted by molar-refractivity contribution is 0.396. The molecular weight excluding hydrogens is 314 g/mol. The second-order valence-corrected chi connectivity index (χ2v) is 8.12. The fourth-order valence-electron chi connectivity index (χ4n) is 4.51. The van der Waals surface area contributed by atoms with Gasteiger partial charge in [0.05, 0.1) is 11.6 Å². The number of nitrogens with zero attached hydrogens (tertiary/aromatic N) is 1. The molecule has 2 aromatic carbocycles. The molecule has 0 spiro atoms. The summed E-state index contributed by atoms with van der Waals surface area (Å²) in [6.07, 6.45) is 8.87. The van der Waals surface area contributed by atoms with Gasteiger partial charge in [0.1, 0.15) is 0 Å². The lowest BCUT2D eigenvalue weighted by Gasteiger charge is -2.29. The smallest absolute Gasteiger partial charge is 0.0991 e. The molecule has 1 heteroatoms. The highest BCUT2D eigenvalue weighted by atomic mass is 14.3. The van der Waals surface area contributed by atoms with Crippen molar-refractivity contribution in [2.24, 2.45) is 5.92 Å². The van der Waals surface area contributed by atoms with Crippen LogP contribution in [0.3, 0.4) is 0 Å². The van der Waals surface area contributed by atoms with E-state index in [0.717, 1.165) is 11.5 Å². The molecule has 1 aliphatic carbocycles. The third-order valence-electron chi connectivity index (χ3n) is 6.06. The summed E-state index contributed by atoms with van der Waals surface area (Å²) in [4.78, 5) is 0. The van der Waals surface area contributed by atoms with E-state index < -0.39 is 0 Å². The molecule has 3 rings (SSSR count). The predicted octanol–water partition coefficient (Wildman–Crippen LogP) is 6.98. The summed E-state index contributed by atoms with van der Waals surface area (Å²) < 4.78 is 0. The van der Waals surface area contributed by atoms with Crippen molar-refractivity contribution in [3.05, 3.63) is 70.8 Å². The summed E-state index contributed by atoms with van der Waals surface area (Å²) in [6, 6.07) is 19.9. The molecule has 26 heavy (non-hydrogen) atoms. The molecule has 1 fully saturated rings. The third kappa shape index (κ3) is 4.76. The van der Waals surface area contributed by atoms with E-state index in [0.29, 0.717) is 11.8 Å². The summed E-state index contributed by atoms with van der Waals surface area (Å²) in [7, 11) is 0. The van der Waals surface area contributed by atoms with Gasteiger partial charge in [0.15, 0.2) is 0 Å². The topological polar surface area (TPSA) is 23.8 Å². The first kappa shape index (κ1) is 18.7. The van der Waals surface area contributed by atoms with Gasteiger partial charge in [-0.15, -0.1) is 0 Å². The van der Waals surface area contributed by atoms with Crippen LogP contribution >= 0.6 is 0 Å². The summed E-state index contributed by atoms with van der Waals surface area (Å²) in [6.45, 7) is 4.63. The zero-order valence-corrected chi connectivity index (χ0v) is 16.2. The summed E-state index contributed by atoms with van der Waals surface area (Å²) in [5.74, 6) is 2.16. The molecule has 1 atom stereocenters. The van der Waals surface area contributed by atoms with Crippen LogP contribution in [-0.2, 0) is 6.42 Å². The van der Waals surface area contributed by atoms with E-state index in [2.05, 4.69) is 56.3 Å². The Balaban J connectivity index is 1.55. The van der Waals surface area contributed by atoms with Gasteiger partial charge in [-0.2, -0.15) is 5.26 Å². The van der Waals surface area contributed by atoms with Crippen LogP contribution in [0.4, 0.5) is 0 Å². The second kappa shape index (κ2) is 9.04. The normalized spacial score (nSPS) is 21.1. The van der Waals surface area contributed by atoms with Gasteiger partial charge in [0.25, 0.3) is 0 Å². The molecule has 0 heterocycles. The minimum Gasteiger partial charge on any atom is -0.192 e. The van der Waals surface area contributed by atoms with E-state index in [-0.39, 0.29) is 0 Å². The Hall–Kier alpha value is -2.07. The molecule has 1 saturated carbocycles. The maximum atomic E-state index is 8.94. The van der Waals surface area contributed by atoms with E-state index in [1.165, 1.54) is 61.6 Å². The minimum absolute atomic E-state index is 0.660. The maximum Gasteiger partial charge on any atom is 0.0991 e. The van der Waals surface area contributed by atoms with Crippen molar-refractivity contribution in [1.82, 2.24) is 0 Å². The molecular formula is C25H31N. The van der Waals surface area contributed by atoms with E-state index in [1.54, 1.807) is 0 Å². The minimum atomic E-state index is 0.660. The third-order valence-corrected chi connectivity index (χ3v) is 6.06. The number of hydrogen-bond donors (Lipinski definition) is 0. The van der Waals surface area contributed by atoms with Crippen molar-refractivity contribution in [2.45, 2.75) is 70.6 Å². The summed E-state index contributed by atoms with van der Waals surface area (Å²) in [5, 5.41) is 8.94. The van der Waals surface area contributed by atoms with Crippen molar-refractivity contribution < 1.29 is 0 Å². The molecule has 1 aliphatic rings. The van der Waals surface area contributed by atoms with Gasteiger partial charge in [-0.05, 0) is 78.7 Å². The Kier molecular flexibility index (Phi) is 6.51. The van der Waals surface area contributed by atoms with E-state index in [9.17, 15) is 0 Å². The average Bonchev–Trinajstić information content (AvgIpc) is 2.69. The Labute approximate surface area is 159 Å². The van der Waals surface area contributed by atoms with Crippen LogP contribution in [0.5, 0.6) is 0 Å². The molecule has 0 aliphatic heterocycles. The Morgan fingerprint density at radius 3 is 1.85 bits per heavy atom. The standard InChI is InChI=1S/C25H31N/c1-3-4-19(2)17-20-5-9-22(10-6-20)24-13-15-25(16-14-24)23-11-7-21(18-26)8-12-23/h5-12,19,24-25H,3-4,13-17H2,1-2H3. The molecule has 0 bridgehead atoms. The average molecular weight is 346 g/mol. The van der Waals surface area contributed by atoms with E-state index in [1.807, 2.05) is 12.1 Å². The van der Waals surface area contributed by atoms with Gasteiger partial charge < -0.3 is 0 Å². The van der Waals surface area contributed by atoms with Crippen LogP contribution in [0.15, 0.2) is 48.5 Å². The predicted molar refractivity (Wildman–Crippen MR) is 109 cm³/mol. The highest BCUT2D eigenvalue weighted by Gasteiger charge is 2.23. The fourth-order valence-corrected chi connectivity index (χ4v) is 4.51. The summed E-state index contributed by atoms with van der Waals surface area (Å²) >= 11 is 0. The first-order valence-corrected chi connectivity index (χ1v) is 10.3. The van der Waals surface area contributed by atoms with Crippen LogP contribution in [0.2, 0.25) is 0 Å². The SMILES string of the molecule is CCCC(C)Cc1ccc(C2CCC(c3ccc(C#N)cc3)CC2)cc1. The van der Waals surface area contributed by atoms with Gasteiger partial charge in [-0.3, -0.25) is 0 Å². The van der Waals surface area contributed by atoms with Gasteiger partial charge in [-0.1, -0.05) is 63.1 Å². The molecule has 0 radical (unpaired) electrons. The lowest BCUT2D eigenvalue weighted by Crippen LogP contribution is -2.12. The zero-order chi connectivity index (χ0) is 18.4. The van der Waals surface area contributed by atoms with Crippen LogP contribution in [0, 0.1) is 17.2 Å². The quantitative estimate of drug-likeness (QED) is 0.554. The molecule has 136 valence electrons. The molecule has 0 amide bonds.